The first-order chi connectivity index (χ1) is 7.99. The van der Waals surface area contributed by atoms with Crippen LogP contribution in [0.4, 0.5) is 5.69 Å². The van der Waals surface area contributed by atoms with Gasteiger partial charge >= 0.3 is 5.76 Å². The van der Waals surface area contributed by atoms with Gasteiger partial charge in [-0.2, -0.15) is 0 Å². The second-order valence-electron chi connectivity index (χ2n) is 3.71. The van der Waals surface area contributed by atoms with Crippen LogP contribution in [0.5, 0.6) is 0 Å². The lowest BCUT2D eigenvalue weighted by Crippen LogP contribution is -2.20. The normalized spacial score (nSPS) is 12.6. The van der Waals surface area contributed by atoms with E-state index in [-0.39, 0.29) is 5.91 Å². The second-order valence-corrected chi connectivity index (χ2v) is 4.37. The van der Waals surface area contributed by atoms with Crippen molar-refractivity contribution >= 4 is 34.3 Å². The van der Waals surface area contributed by atoms with Gasteiger partial charge in [-0.05, 0) is 25.1 Å². The first-order valence-corrected chi connectivity index (χ1v) is 5.47. The highest BCUT2D eigenvalue weighted by molar-refractivity contribution is 6.32. The third-order valence-electron chi connectivity index (χ3n) is 2.42. The number of aromatic nitrogens is 1. The van der Waals surface area contributed by atoms with Gasteiger partial charge in [0.1, 0.15) is 5.38 Å². The summed E-state index contributed by atoms with van der Waals surface area (Å²) in [4.78, 5) is 22.7. The van der Waals surface area contributed by atoms with E-state index < -0.39 is 11.1 Å². The molecule has 1 heterocycles. The molecule has 0 aliphatic carbocycles. The van der Waals surface area contributed by atoms with Crippen LogP contribution in [-0.2, 0) is 11.8 Å². The van der Waals surface area contributed by atoms with Crippen LogP contribution in [0.3, 0.4) is 0 Å². The molecule has 0 bridgehead atoms. The Kier molecular flexibility index (Phi) is 2.93. The van der Waals surface area contributed by atoms with E-state index in [0.29, 0.717) is 16.8 Å². The Bertz CT molecular complexity index is 627. The zero-order chi connectivity index (χ0) is 12.6. The maximum absolute atomic E-state index is 11.4. The van der Waals surface area contributed by atoms with E-state index in [2.05, 4.69) is 5.32 Å². The molecule has 5 nitrogen and oxygen atoms in total. The average Bonchev–Trinajstić information content (AvgIpc) is 2.55. The second kappa shape index (κ2) is 4.25. The fraction of sp³-hybridized carbons (Fsp3) is 0.273. The lowest BCUT2D eigenvalue weighted by molar-refractivity contribution is -0.115. The summed E-state index contributed by atoms with van der Waals surface area (Å²) in [6, 6.07) is 4.95. The molecule has 2 aromatic rings. The Balaban J connectivity index is 2.41. The van der Waals surface area contributed by atoms with E-state index in [4.69, 9.17) is 16.0 Å². The van der Waals surface area contributed by atoms with Crippen molar-refractivity contribution in [1.82, 2.24) is 4.57 Å². The molecule has 90 valence electrons. The standard InChI is InChI=1S/C11H11ClN2O3/c1-6(12)10(15)13-7-3-4-9-8(5-7)14(2)11(16)17-9/h3-6H,1-2H3,(H,13,15). The maximum atomic E-state index is 11.4. The fourth-order valence-corrected chi connectivity index (χ4v) is 1.50. The summed E-state index contributed by atoms with van der Waals surface area (Å²) in [5.41, 5.74) is 1.68. The molecule has 0 radical (unpaired) electrons. The van der Waals surface area contributed by atoms with Gasteiger partial charge in [0, 0.05) is 12.7 Å². The molecule has 0 fully saturated rings. The number of carbonyl (C=O) groups is 1. The van der Waals surface area contributed by atoms with Crippen molar-refractivity contribution in [3.8, 4) is 0 Å². The maximum Gasteiger partial charge on any atom is 0.419 e. The number of anilines is 1. The Hall–Kier alpha value is -1.75. The van der Waals surface area contributed by atoms with E-state index in [1.54, 1.807) is 32.2 Å². The average molecular weight is 255 g/mol. The number of hydrogen-bond acceptors (Lipinski definition) is 3. The van der Waals surface area contributed by atoms with Crippen molar-refractivity contribution in [2.24, 2.45) is 7.05 Å². The van der Waals surface area contributed by atoms with Crippen molar-refractivity contribution in [1.29, 1.82) is 0 Å². The van der Waals surface area contributed by atoms with Crippen LogP contribution >= 0.6 is 11.6 Å². The third kappa shape index (κ3) is 2.19. The first-order valence-electron chi connectivity index (χ1n) is 5.03. The van der Waals surface area contributed by atoms with E-state index >= 15 is 0 Å². The van der Waals surface area contributed by atoms with Gasteiger partial charge in [0.05, 0.1) is 5.52 Å². The van der Waals surface area contributed by atoms with Gasteiger partial charge in [-0.1, -0.05) is 0 Å². The molecule has 1 aromatic carbocycles. The number of amides is 1. The summed E-state index contributed by atoms with van der Waals surface area (Å²) in [5, 5.41) is 2.03. The molecule has 17 heavy (non-hydrogen) atoms. The highest BCUT2D eigenvalue weighted by Crippen LogP contribution is 2.18. The lowest BCUT2D eigenvalue weighted by Gasteiger charge is -2.06. The molecule has 1 atom stereocenters. The summed E-state index contributed by atoms with van der Waals surface area (Å²) >= 11 is 5.65. The van der Waals surface area contributed by atoms with Crippen LogP contribution in [0.15, 0.2) is 27.4 Å². The predicted octanol–water partition coefficient (Wildman–Crippen LogP) is 1.70. The highest BCUT2D eigenvalue weighted by atomic mass is 35.5. The molecule has 0 spiro atoms. The molecule has 0 saturated heterocycles. The SMILES string of the molecule is CC(Cl)C(=O)Nc1ccc2oc(=O)n(C)c2c1. The molecule has 0 aliphatic rings. The molecule has 0 saturated carbocycles. The van der Waals surface area contributed by atoms with E-state index in [0.717, 1.165) is 0 Å². The van der Waals surface area contributed by atoms with E-state index in [1.165, 1.54) is 4.57 Å². The Labute approximate surface area is 102 Å². The number of carbonyl (C=O) groups excluding carboxylic acids is 1. The number of halogens is 1. The van der Waals surface area contributed by atoms with Crippen molar-refractivity contribution in [3.63, 3.8) is 0 Å². The Morgan fingerprint density at radius 1 is 1.53 bits per heavy atom. The van der Waals surface area contributed by atoms with Crippen LogP contribution < -0.4 is 11.1 Å². The number of aryl methyl sites for hydroxylation is 1. The minimum atomic E-state index is -0.612. The van der Waals surface area contributed by atoms with Crippen LogP contribution in [-0.4, -0.2) is 15.9 Å². The summed E-state index contributed by atoms with van der Waals surface area (Å²) in [6.45, 7) is 1.59. The van der Waals surface area contributed by atoms with Crippen molar-refractivity contribution in [2.75, 3.05) is 5.32 Å². The zero-order valence-corrected chi connectivity index (χ0v) is 10.1. The molecule has 0 aliphatic heterocycles. The Morgan fingerprint density at radius 3 is 2.88 bits per heavy atom. The first kappa shape index (κ1) is 11.7. The van der Waals surface area contributed by atoms with Gasteiger partial charge in [0.25, 0.3) is 0 Å². The number of nitrogens with one attached hydrogen (secondary N) is 1. The fourth-order valence-electron chi connectivity index (χ4n) is 1.45. The van der Waals surface area contributed by atoms with Gasteiger partial charge in [0.2, 0.25) is 5.91 Å². The molecule has 2 rings (SSSR count). The minimum Gasteiger partial charge on any atom is -0.408 e. The van der Waals surface area contributed by atoms with E-state index in [1.807, 2.05) is 0 Å². The molecule has 1 unspecified atom stereocenters. The van der Waals surface area contributed by atoms with Crippen LogP contribution in [0, 0.1) is 0 Å². The number of oxazole rings is 1. The summed E-state index contributed by atoms with van der Waals surface area (Å²) in [6.07, 6.45) is 0. The smallest absolute Gasteiger partial charge is 0.408 e. The number of benzene rings is 1. The largest absolute Gasteiger partial charge is 0.419 e. The summed E-state index contributed by atoms with van der Waals surface area (Å²) in [5.74, 6) is -0.728. The quantitative estimate of drug-likeness (QED) is 0.830. The monoisotopic (exact) mass is 254 g/mol. The molecular formula is C11H11ClN2O3. The van der Waals surface area contributed by atoms with Crippen molar-refractivity contribution in [3.05, 3.63) is 28.7 Å². The molecule has 1 aromatic heterocycles. The minimum absolute atomic E-state index is 0.292. The van der Waals surface area contributed by atoms with Crippen LogP contribution in [0.1, 0.15) is 6.92 Å². The van der Waals surface area contributed by atoms with E-state index in [9.17, 15) is 9.59 Å². The van der Waals surface area contributed by atoms with Crippen LogP contribution in [0.25, 0.3) is 11.1 Å². The van der Waals surface area contributed by atoms with Gasteiger partial charge in [-0.25, -0.2) is 4.79 Å². The highest BCUT2D eigenvalue weighted by Gasteiger charge is 2.11. The number of hydrogen-bond donors (Lipinski definition) is 1. The van der Waals surface area contributed by atoms with Crippen molar-refractivity contribution < 1.29 is 9.21 Å². The third-order valence-corrected chi connectivity index (χ3v) is 2.62. The number of fused-ring (bicyclic) bond motifs is 1. The van der Waals surface area contributed by atoms with Gasteiger partial charge in [0.15, 0.2) is 5.58 Å². The van der Waals surface area contributed by atoms with Gasteiger partial charge in [-0.15, -0.1) is 11.6 Å². The number of nitrogens with zero attached hydrogens (tertiary/aromatic N) is 1. The number of alkyl halides is 1. The summed E-state index contributed by atoms with van der Waals surface area (Å²) < 4.78 is 6.34. The predicted molar refractivity (Wildman–Crippen MR) is 65.4 cm³/mol. The molecular weight excluding hydrogens is 244 g/mol. The van der Waals surface area contributed by atoms with Gasteiger partial charge < -0.3 is 9.73 Å². The summed E-state index contributed by atoms with van der Waals surface area (Å²) in [7, 11) is 1.60. The zero-order valence-electron chi connectivity index (χ0n) is 9.36. The Morgan fingerprint density at radius 2 is 2.24 bits per heavy atom. The van der Waals surface area contributed by atoms with Gasteiger partial charge in [-0.3, -0.25) is 9.36 Å². The number of rotatable bonds is 2. The topological polar surface area (TPSA) is 64.2 Å². The van der Waals surface area contributed by atoms with Crippen LogP contribution in [0.2, 0.25) is 0 Å². The van der Waals surface area contributed by atoms with Crippen molar-refractivity contribution in [2.45, 2.75) is 12.3 Å². The molecule has 1 amide bonds. The molecule has 6 heteroatoms. The lowest BCUT2D eigenvalue weighted by atomic mass is 10.2. The molecule has 1 N–H and O–H groups in total.